The Kier molecular flexibility index (Phi) is 5.89. The minimum atomic E-state index is -2.98. The quantitative estimate of drug-likeness (QED) is 0.658. The molecule has 0 radical (unpaired) electrons. The summed E-state index contributed by atoms with van der Waals surface area (Å²) in [7, 11) is 0. The average molecular weight is 403 g/mol. The Hall–Kier alpha value is -3.00. The van der Waals surface area contributed by atoms with Gasteiger partial charge < -0.3 is 20.7 Å². The maximum absolute atomic E-state index is 13.0. The second-order valence-electron chi connectivity index (χ2n) is 6.31. The maximum atomic E-state index is 13.0. The Morgan fingerprint density at radius 1 is 1.14 bits per heavy atom. The molecule has 0 aromatic heterocycles. The molecule has 2 aromatic rings. The van der Waals surface area contributed by atoms with E-state index in [0.29, 0.717) is 27.6 Å². The number of nitrogens with one attached hydrogen (secondary N) is 3. The molecule has 1 aliphatic rings. The predicted molar refractivity (Wildman–Crippen MR) is 107 cm³/mol. The van der Waals surface area contributed by atoms with Crippen LogP contribution in [0.2, 0.25) is 0 Å². The number of para-hydroxylation sites is 1. The van der Waals surface area contributed by atoms with E-state index in [0.717, 1.165) is 5.56 Å². The smallest absolute Gasteiger partial charge is 0.387 e. The molecule has 1 amide bonds. The van der Waals surface area contributed by atoms with Crippen molar-refractivity contribution in [1.29, 1.82) is 0 Å². The Balaban J connectivity index is 1.97. The van der Waals surface area contributed by atoms with Crippen molar-refractivity contribution in [2.45, 2.75) is 26.5 Å². The van der Waals surface area contributed by atoms with Gasteiger partial charge in [-0.05, 0) is 44.3 Å². The van der Waals surface area contributed by atoms with E-state index < -0.39 is 12.7 Å². The molecule has 3 N–H and O–H groups in total. The van der Waals surface area contributed by atoms with Gasteiger partial charge in [-0.2, -0.15) is 8.78 Å². The lowest BCUT2D eigenvalue weighted by Gasteiger charge is -2.31. The number of benzene rings is 2. The highest BCUT2D eigenvalue weighted by atomic mass is 32.1. The molecule has 1 aliphatic heterocycles. The predicted octanol–water partition coefficient (Wildman–Crippen LogP) is 4.03. The summed E-state index contributed by atoms with van der Waals surface area (Å²) < 4.78 is 30.3. The first kappa shape index (κ1) is 19.8. The van der Waals surface area contributed by atoms with Gasteiger partial charge in [0.25, 0.3) is 5.91 Å². The Bertz CT molecular complexity index is 929. The third-order valence-corrected chi connectivity index (χ3v) is 4.49. The van der Waals surface area contributed by atoms with Crippen LogP contribution in [-0.2, 0) is 4.79 Å². The van der Waals surface area contributed by atoms with Crippen LogP contribution in [0.3, 0.4) is 0 Å². The number of anilines is 1. The first-order valence-corrected chi connectivity index (χ1v) is 8.96. The van der Waals surface area contributed by atoms with Crippen LogP contribution in [0.15, 0.2) is 59.8 Å². The molecule has 0 aliphatic carbocycles. The van der Waals surface area contributed by atoms with Crippen LogP contribution in [0.5, 0.6) is 5.75 Å². The summed E-state index contributed by atoms with van der Waals surface area (Å²) in [6.07, 6.45) is 0. The van der Waals surface area contributed by atoms with E-state index in [9.17, 15) is 13.6 Å². The number of hydrogen-bond acceptors (Lipinski definition) is 3. The molecule has 1 heterocycles. The highest BCUT2D eigenvalue weighted by Crippen LogP contribution is 2.34. The fourth-order valence-electron chi connectivity index (χ4n) is 2.99. The number of halogens is 2. The fourth-order valence-corrected chi connectivity index (χ4v) is 3.26. The van der Waals surface area contributed by atoms with Crippen LogP contribution in [-0.4, -0.2) is 17.6 Å². The highest BCUT2D eigenvalue weighted by molar-refractivity contribution is 7.80. The van der Waals surface area contributed by atoms with Crippen LogP contribution in [0.4, 0.5) is 14.5 Å². The first-order chi connectivity index (χ1) is 13.3. The number of carbonyl (C=O) groups excluding carboxylic acids is 1. The average Bonchev–Trinajstić information content (AvgIpc) is 2.63. The molecule has 0 fully saturated rings. The Morgan fingerprint density at radius 3 is 2.50 bits per heavy atom. The second-order valence-corrected chi connectivity index (χ2v) is 6.71. The fraction of sp³-hybridized carbons (Fsp3) is 0.200. The van der Waals surface area contributed by atoms with Gasteiger partial charge >= 0.3 is 6.61 Å². The second kappa shape index (κ2) is 8.35. The standard InChI is InChI=1S/C20H19F2N3O2S/c1-11-7-9-13(10-8-11)24-18(26)16-12(2)23-20(28)25-17(16)14-5-3-4-6-15(14)27-19(21)22/h3-10,17,19H,1-2H3,(H,24,26)(H2,23,25,28). The SMILES string of the molecule is CC1=C(C(=O)Nc2ccc(C)cc2)C(c2ccccc2OC(F)F)NC(=S)N1. The van der Waals surface area contributed by atoms with Gasteiger partial charge in [0.2, 0.25) is 0 Å². The summed E-state index contributed by atoms with van der Waals surface area (Å²) in [6, 6.07) is 12.9. The van der Waals surface area contributed by atoms with Gasteiger partial charge in [-0.3, -0.25) is 4.79 Å². The lowest BCUT2D eigenvalue weighted by Crippen LogP contribution is -2.45. The number of alkyl halides is 2. The molecular weight excluding hydrogens is 384 g/mol. The van der Waals surface area contributed by atoms with Gasteiger partial charge in [-0.1, -0.05) is 35.9 Å². The largest absolute Gasteiger partial charge is 0.434 e. The number of thiocarbonyl (C=S) groups is 1. The maximum Gasteiger partial charge on any atom is 0.387 e. The summed E-state index contributed by atoms with van der Waals surface area (Å²) in [6.45, 7) is 0.676. The molecule has 28 heavy (non-hydrogen) atoms. The molecule has 1 unspecified atom stereocenters. The summed E-state index contributed by atoms with van der Waals surface area (Å²) in [5, 5.41) is 9.02. The monoisotopic (exact) mass is 403 g/mol. The van der Waals surface area contributed by atoms with Gasteiger partial charge in [0.05, 0.1) is 11.6 Å². The van der Waals surface area contributed by atoms with Crippen LogP contribution in [0.1, 0.15) is 24.1 Å². The molecule has 146 valence electrons. The van der Waals surface area contributed by atoms with E-state index in [2.05, 4.69) is 20.7 Å². The zero-order chi connectivity index (χ0) is 20.3. The van der Waals surface area contributed by atoms with Crippen molar-refractivity contribution in [1.82, 2.24) is 10.6 Å². The number of carbonyl (C=O) groups is 1. The van der Waals surface area contributed by atoms with Crippen molar-refractivity contribution in [3.63, 3.8) is 0 Å². The zero-order valence-electron chi connectivity index (χ0n) is 15.3. The molecule has 0 spiro atoms. The molecule has 8 heteroatoms. The molecule has 0 bridgehead atoms. The van der Waals surface area contributed by atoms with Gasteiger partial charge in [-0.25, -0.2) is 0 Å². The van der Waals surface area contributed by atoms with Crippen molar-refractivity contribution < 1.29 is 18.3 Å². The zero-order valence-corrected chi connectivity index (χ0v) is 16.1. The molecule has 1 atom stereocenters. The molecular formula is C20H19F2N3O2S. The number of hydrogen-bond donors (Lipinski definition) is 3. The Morgan fingerprint density at radius 2 is 1.82 bits per heavy atom. The third-order valence-electron chi connectivity index (χ3n) is 4.27. The summed E-state index contributed by atoms with van der Waals surface area (Å²) in [5.74, 6) is -0.395. The molecule has 0 saturated heterocycles. The van der Waals surface area contributed by atoms with Crippen molar-refractivity contribution >= 4 is 28.9 Å². The number of amides is 1. The van der Waals surface area contributed by atoms with Gasteiger partial charge in [0.15, 0.2) is 5.11 Å². The number of aryl methyl sites for hydroxylation is 1. The van der Waals surface area contributed by atoms with Crippen LogP contribution in [0.25, 0.3) is 0 Å². The van der Waals surface area contributed by atoms with Crippen molar-refractivity contribution in [3.8, 4) is 5.75 Å². The van der Waals surface area contributed by atoms with Crippen molar-refractivity contribution in [2.24, 2.45) is 0 Å². The minimum Gasteiger partial charge on any atom is -0.434 e. The first-order valence-electron chi connectivity index (χ1n) is 8.55. The van der Waals surface area contributed by atoms with E-state index in [-0.39, 0.29) is 11.7 Å². The molecule has 3 rings (SSSR count). The number of ether oxygens (including phenoxy) is 1. The van der Waals surface area contributed by atoms with E-state index in [1.54, 1.807) is 37.3 Å². The molecule has 5 nitrogen and oxygen atoms in total. The summed E-state index contributed by atoms with van der Waals surface area (Å²) in [4.78, 5) is 13.0. The number of rotatable bonds is 5. The van der Waals surface area contributed by atoms with E-state index in [1.807, 2.05) is 19.1 Å². The minimum absolute atomic E-state index is 0.0202. The van der Waals surface area contributed by atoms with E-state index in [4.69, 9.17) is 12.2 Å². The van der Waals surface area contributed by atoms with Gasteiger partial charge in [0.1, 0.15) is 5.75 Å². The normalized spacial score (nSPS) is 16.5. The van der Waals surface area contributed by atoms with Crippen LogP contribution < -0.4 is 20.7 Å². The van der Waals surface area contributed by atoms with Gasteiger partial charge in [0, 0.05) is 16.9 Å². The highest BCUT2D eigenvalue weighted by Gasteiger charge is 2.32. The summed E-state index contributed by atoms with van der Waals surface area (Å²) >= 11 is 5.20. The van der Waals surface area contributed by atoms with E-state index in [1.165, 1.54) is 6.07 Å². The van der Waals surface area contributed by atoms with E-state index >= 15 is 0 Å². The number of allylic oxidation sites excluding steroid dienone is 1. The lowest BCUT2D eigenvalue weighted by atomic mass is 9.94. The molecule has 2 aromatic carbocycles. The van der Waals surface area contributed by atoms with Crippen molar-refractivity contribution in [2.75, 3.05) is 5.32 Å². The van der Waals surface area contributed by atoms with Crippen LogP contribution in [0, 0.1) is 6.92 Å². The Labute approximate surface area is 166 Å². The molecule has 0 saturated carbocycles. The van der Waals surface area contributed by atoms with Crippen molar-refractivity contribution in [3.05, 3.63) is 70.9 Å². The topological polar surface area (TPSA) is 62.4 Å². The van der Waals surface area contributed by atoms with Gasteiger partial charge in [-0.15, -0.1) is 0 Å². The third kappa shape index (κ3) is 4.45. The lowest BCUT2D eigenvalue weighted by molar-refractivity contribution is -0.113. The van der Waals surface area contributed by atoms with Crippen LogP contribution >= 0.6 is 12.2 Å². The summed E-state index contributed by atoms with van der Waals surface area (Å²) in [5.41, 5.74) is 2.94.